The predicted molar refractivity (Wildman–Crippen MR) is 91.2 cm³/mol. The summed E-state index contributed by atoms with van der Waals surface area (Å²) in [6, 6.07) is 7.31. The quantitative estimate of drug-likeness (QED) is 0.560. The van der Waals surface area contributed by atoms with Crippen LogP contribution in [0.3, 0.4) is 0 Å². The first-order chi connectivity index (χ1) is 11.1. The minimum atomic E-state index is -0.197. The van der Waals surface area contributed by atoms with Crippen LogP contribution < -0.4 is 4.74 Å². The number of ether oxygens (including phenoxy) is 1. The summed E-state index contributed by atoms with van der Waals surface area (Å²) in [7, 11) is 0. The van der Waals surface area contributed by atoms with Crippen LogP contribution in [0.5, 0.6) is 5.75 Å². The van der Waals surface area contributed by atoms with E-state index in [1.54, 1.807) is 12.1 Å². The summed E-state index contributed by atoms with van der Waals surface area (Å²) in [5.74, 6) is 0.953. The molecule has 0 aliphatic rings. The van der Waals surface area contributed by atoms with Crippen molar-refractivity contribution in [2.45, 2.75) is 46.5 Å². The van der Waals surface area contributed by atoms with Crippen LogP contribution in [-0.2, 0) is 11.2 Å². The third-order valence-electron chi connectivity index (χ3n) is 3.87. The molecule has 4 nitrogen and oxygen atoms in total. The van der Waals surface area contributed by atoms with Gasteiger partial charge in [0.05, 0.1) is 5.92 Å². The van der Waals surface area contributed by atoms with Crippen LogP contribution in [0, 0.1) is 5.92 Å². The number of benzene rings is 1. The van der Waals surface area contributed by atoms with E-state index in [1.807, 2.05) is 38.4 Å². The molecule has 0 aliphatic heterocycles. The molecular formula is C19H24N2O2. The third kappa shape index (κ3) is 4.88. The number of hydrogen-bond donors (Lipinski definition) is 0. The summed E-state index contributed by atoms with van der Waals surface area (Å²) in [6.45, 7) is 6.01. The number of nitrogens with zero attached hydrogens (tertiary/aromatic N) is 2. The van der Waals surface area contributed by atoms with Crippen molar-refractivity contribution >= 4 is 5.97 Å². The highest BCUT2D eigenvalue weighted by Gasteiger charge is 2.13. The van der Waals surface area contributed by atoms with Gasteiger partial charge in [0.1, 0.15) is 5.75 Å². The normalized spacial score (nSPS) is 12.0. The lowest BCUT2D eigenvalue weighted by Gasteiger charge is -2.09. The molecule has 2 aromatic rings. The van der Waals surface area contributed by atoms with Crippen molar-refractivity contribution in [3.63, 3.8) is 0 Å². The molecule has 4 heteroatoms. The summed E-state index contributed by atoms with van der Waals surface area (Å²) in [6.07, 6.45) is 7.87. The third-order valence-corrected chi connectivity index (χ3v) is 3.87. The zero-order valence-corrected chi connectivity index (χ0v) is 14.1. The Morgan fingerprint density at radius 3 is 2.35 bits per heavy atom. The van der Waals surface area contributed by atoms with Crippen molar-refractivity contribution in [3.8, 4) is 17.1 Å². The molecular weight excluding hydrogens is 288 g/mol. The summed E-state index contributed by atoms with van der Waals surface area (Å²) in [4.78, 5) is 20.6. The lowest BCUT2D eigenvalue weighted by molar-refractivity contribution is -0.138. The van der Waals surface area contributed by atoms with Gasteiger partial charge in [0.15, 0.2) is 5.82 Å². The fourth-order valence-corrected chi connectivity index (χ4v) is 2.07. The van der Waals surface area contributed by atoms with Gasteiger partial charge in [-0.25, -0.2) is 9.97 Å². The molecule has 0 bridgehead atoms. The van der Waals surface area contributed by atoms with Crippen molar-refractivity contribution in [2.24, 2.45) is 5.92 Å². The fraction of sp³-hybridized carbons (Fsp3) is 0.421. The SMILES string of the molecule is CCCCc1cnc(-c2ccc(OC(=O)C(C)CC)cc2)nc1. The van der Waals surface area contributed by atoms with Crippen molar-refractivity contribution < 1.29 is 9.53 Å². The Bertz CT molecular complexity index is 621. The van der Waals surface area contributed by atoms with Crippen LogP contribution in [0.15, 0.2) is 36.7 Å². The van der Waals surface area contributed by atoms with E-state index in [0.29, 0.717) is 11.6 Å². The molecule has 1 aromatic heterocycles. The standard InChI is InChI=1S/C19H24N2O2/c1-4-6-7-15-12-20-18(21-13-15)16-8-10-17(11-9-16)23-19(22)14(3)5-2/h8-14H,4-7H2,1-3H3. The highest BCUT2D eigenvalue weighted by Crippen LogP contribution is 2.20. The number of esters is 1. The molecule has 0 amide bonds. The Labute approximate surface area is 137 Å². The first kappa shape index (κ1) is 17.1. The van der Waals surface area contributed by atoms with Gasteiger partial charge in [-0.1, -0.05) is 27.2 Å². The molecule has 2 rings (SSSR count). The lowest BCUT2D eigenvalue weighted by Crippen LogP contribution is -2.16. The van der Waals surface area contributed by atoms with E-state index >= 15 is 0 Å². The maximum absolute atomic E-state index is 11.8. The maximum atomic E-state index is 11.8. The van der Waals surface area contributed by atoms with E-state index < -0.39 is 0 Å². The van der Waals surface area contributed by atoms with E-state index in [9.17, 15) is 4.79 Å². The number of carbonyl (C=O) groups excluding carboxylic acids is 1. The van der Waals surface area contributed by atoms with Crippen molar-refractivity contribution in [2.75, 3.05) is 0 Å². The molecule has 1 atom stereocenters. The number of aromatic nitrogens is 2. The molecule has 0 saturated heterocycles. The van der Waals surface area contributed by atoms with Gasteiger partial charge in [-0.2, -0.15) is 0 Å². The molecule has 1 aromatic carbocycles. The summed E-state index contributed by atoms with van der Waals surface area (Å²) >= 11 is 0. The molecule has 0 radical (unpaired) electrons. The smallest absolute Gasteiger partial charge is 0.314 e. The Balaban J connectivity index is 2.03. The number of unbranched alkanes of at least 4 members (excludes halogenated alkanes) is 1. The number of rotatable bonds is 7. The molecule has 1 heterocycles. The zero-order chi connectivity index (χ0) is 16.7. The van der Waals surface area contributed by atoms with Gasteiger partial charge in [-0.05, 0) is 49.1 Å². The second kappa shape index (κ2) is 8.42. The van der Waals surface area contributed by atoms with E-state index in [4.69, 9.17) is 4.74 Å². The largest absolute Gasteiger partial charge is 0.426 e. The second-order valence-electron chi connectivity index (χ2n) is 5.77. The molecule has 23 heavy (non-hydrogen) atoms. The van der Waals surface area contributed by atoms with Gasteiger partial charge in [-0.3, -0.25) is 4.79 Å². The van der Waals surface area contributed by atoms with Gasteiger partial charge in [-0.15, -0.1) is 0 Å². The Morgan fingerprint density at radius 1 is 1.13 bits per heavy atom. The average molecular weight is 312 g/mol. The average Bonchev–Trinajstić information content (AvgIpc) is 2.60. The summed E-state index contributed by atoms with van der Waals surface area (Å²) in [5, 5.41) is 0. The van der Waals surface area contributed by atoms with Gasteiger partial charge < -0.3 is 4.74 Å². The second-order valence-corrected chi connectivity index (χ2v) is 5.77. The number of hydrogen-bond acceptors (Lipinski definition) is 4. The highest BCUT2D eigenvalue weighted by molar-refractivity contribution is 5.74. The number of aryl methyl sites for hydroxylation is 1. The Hall–Kier alpha value is -2.23. The molecule has 0 aliphatic carbocycles. The fourth-order valence-electron chi connectivity index (χ4n) is 2.07. The van der Waals surface area contributed by atoms with Crippen molar-refractivity contribution in [1.29, 1.82) is 0 Å². The van der Waals surface area contributed by atoms with Gasteiger partial charge in [0, 0.05) is 18.0 Å². The summed E-state index contributed by atoms with van der Waals surface area (Å²) < 4.78 is 5.34. The minimum Gasteiger partial charge on any atom is -0.426 e. The van der Waals surface area contributed by atoms with E-state index in [2.05, 4.69) is 16.9 Å². The first-order valence-corrected chi connectivity index (χ1v) is 8.27. The van der Waals surface area contributed by atoms with Crippen LogP contribution in [0.1, 0.15) is 45.6 Å². The molecule has 0 N–H and O–H groups in total. The van der Waals surface area contributed by atoms with Crippen LogP contribution in [0.4, 0.5) is 0 Å². The summed E-state index contributed by atoms with van der Waals surface area (Å²) in [5.41, 5.74) is 2.07. The molecule has 0 saturated carbocycles. The number of carbonyl (C=O) groups is 1. The molecule has 0 spiro atoms. The molecule has 0 fully saturated rings. The monoisotopic (exact) mass is 312 g/mol. The van der Waals surface area contributed by atoms with Gasteiger partial charge in [0.2, 0.25) is 0 Å². The Kier molecular flexibility index (Phi) is 6.27. The molecule has 1 unspecified atom stereocenters. The van der Waals surface area contributed by atoms with Crippen LogP contribution in [-0.4, -0.2) is 15.9 Å². The van der Waals surface area contributed by atoms with Crippen molar-refractivity contribution in [1.82, 2.24) is 9.97 Å². The van der Waals surface area contributed by atoms with E-state index in [-0.39, 0.29) is 11.9 Å². The predicted octanol–water partition coefficient (Wildman–Crippen LogP) is 4.44. The van der Waals surface area contributed by atoms with Gasteiger partial charge >= 0.3 is 5.97 Å². The van der Waals surface area contributed by atoms with Crippen LogP contribution in [0.25, 0.3) is 11.4 Å². The first-order valence-electron chi connectivity index (χ1n) is 8.27. The van der Waals surface area contributed by atoms with E-state index in [0.717, 1.165) is 30.4 Å². The van der Waals surface area contributed by atoms with E-state index in [1.165, 1.54) is 6.42 Å². The lowest BCUT2D eigenvalue weighted by atomic mass is 10.1. The topological polar surface area (TPSA) is 52.1 Å². The maximum Gasteiger partial charge on any atom is 0.314 e. The van der Waals surface area contributed by atoms with Crippen molar-refractivity contribution in [3.05, 3.63) is 42.2 Å². The molecule has 122 valence electrons. The minimum absolute atomic E-state index is 0.0892. The van der Waals surface area contributed by atoms with Gasteiger partial charge in [0.25, 0.3) is 0 Å². The zero-order valence-electron chi connectivity index (χ0n) is 14.1. The van der Waals surface area contributed by atoms with Crippen LogP contribution in [0.2, 0.25) is 0 Å². The highest BCUT2D eigenvalue weighted by atomic mass is 16.5. The Morgan fingerprint density at radius 2 is 1.78 bits per heavy atom. The van der Waals surface area contributed by atoms with Crippen LogP contribution >= 0.6 is 0 Å².